The van der Waals surface area contributed by atoms with E-state index in [9.17, 15) is 9.59 Å². The maximum atomic E-state index is 12.7. The van der Waals surface area contributed by atoms with Gasteiger partial charge in [-0.15, -0.1) is 0 Å². The van der Waals surface area contributed by atoms with Gasteiger partial charge >= 0.3 is 5.97 Å². The van der Waals surface area contributed by atoms with E-state index >= 15 is 0 Å². The molecule has 0 aliphatic carbocycles. The Labute approximate surface area is 160 Å². The number of hydrogen-bond donors (Lipinski definition) is 0. The first-order valence-corrected chi connectivity index (χ1v) is 8.80. The van der Waals surface area contributed by atoms with E-state index in [2.05, 4.69) is 15.1 Å². The van der Waals surface area contributed by atoms with Crippen LogP contribution in [-0.4, -0.2) is 30.1 Å². The number of nitrogens with zero attached hydrogens (tertiary/aromatic N) is 5. The molecule has 4 rings (SSSR count). The highest BCUT2D eigenvalue weighted by Gasteiger charge is 2.19. The number of carbonyl (C=O) groups excluding carboxylic acids is 1. The molecule has 0 aromatic carbocycles. The minimum atomic E-state index is -0.502. The third kappa shape index (κ3) is 3.02. The molecule has 8 nitrogen and oxygen atoms in total. The molecule has 0 unspecified atom stereocenters. The first kappa shape index (κ1) is 17.8. The van der Waals surface area contributed by atoms with Crippen molar-refractivity contribution in [1.82, 2.24) is 24.1 Å². The van der Waals surface area contributed by atoms with Crippen LogP contribution in [0.2, 0.25) is 0 Å². The van der Waals surface area contributed by atoms with Gasteiger partial charge in [0.1, 0.15) is 12.3 Å². The van der Waals surface area contributed by atoms with E-state index in [1.54, 1.807) is 30.1 Å². The zero-order chi connectivity index (χ0) is 20.0. The Morgan fingerprint density at radius 1 is 1.14 bits per heavy atom. The van der Waals surface area contributed by atoms with E-state index in [4.69, 9.17) is 4.74 Å². The predicted molar refractivity (Wildman–Crippen MR) is 103 cm³/mol. The summed E-state index contributed by atoms with van der Waals surface area (Å²) in [5.74, 6) is -0.502. The Hall–Kier alpha value is -3.55. The van der Waals surface area contributed by atoms with Gasteiger partial charge in [-0.25, -0.2) is 14.8 Å². The fourth-order valence-electron chi connectivity index (χ4n) is 3.28. The van der Waals surface area contributed by atoms with Crippen LogP contribution in [0.5, 0.6) is 0 Å². The van der Waals surface area contributed by atoms with Crippen molar-refractivity contribution in [3.05, 3.63) is 69.0 Å². The SMILES string of the molecule is Cc1ccc2nc(COC(=O)c3cc(C)nc4c3c(C)nn4C)cc(=O)n2c1. The Morgan fingerprint density at radius 3 is 2.71 bits per heavy atom. The molecule has 0 radical (unpaired) electrons. The lowest BCUT2D eigenvalue weighted by Gasteiger charge is -2.08. The molecule has 4 heterocycles. The predicted octanol–water partition coefficient (Wildman–Crippen LogP) is 2.26. The molecule has 0 saturated carbocycles. The van der Waals surface area contributed by atoms with Crippen molar-refractivity contribution in [2.24, 2.45) is 7.05 Å². The van der Waals surface area contributed by atoms with Crippen molar-refractivity contribution in [3.63, 3.8) is 0 Å². The molecule has 0 aliphatic rings. The van der Waals surface area contributed by atoms with Gasteiger partial charge in [-0.3, -0.25) is 13.9 Å². The van der Waals surface area contributed by atoms with E-state index in [0.29, 0.717) is 39.3 Å². The lowest BCUT2D eigenvalue weighted by Crippen LogP contribution is -2.17. The van der Waals surface area contributed by atoms with E-state index in [1.807, 2.05) is 26.8 Å². The summed E-state index contributed by atoms with van der Waals surface area (Å²) in [4.78, 5) is 33.9. The van der Waals surface area contributed by atoms with Gasteiger partial charge in [-0.05, 0) is 38.5 Å². The second-order valence-electron chi connectivity index (χ2n) is 6.82. The molecular formula is C20H19N5O3. The normalized spacial score (nSPS) is 11.3. The number of rotatable bonds is 3. The van der Waals surface area contributed by atoms with Crippen molar-refractivity contribution in [3.8, 4) is 0 Å². The van der Waals surface area contributed by atoms with E-state index in [-0.39, 0.29) is 12.2 Å². The lowest BCUT2D eigenvalue weighted by molar-refractivity contribution is 0.0470. The van der Waals surface area contributed by atoms with Crippen LogP contribution < -0.4 is 5.56 Å². The number of pyridine rings is 2. The van der Waals surface area contributed by atoms with Gasteiger partial charge in [-0.1, -0.05) is 6.07 Å². The largest absolute Gasteiger partial charge is 0.456 e. The smallest absolute Gasteiger partial charge is 0.339 e. The molecule has 0 N–H and O–H groups in total. The molecule has 0 spiro atoms. The van der Waals surface area contributed by atoms with Crippen LogP contribution in [0.1, 0.15) is 33.0 Å². The van der Waals surface area contributed by atoms with Gasteiger partial charge in [0.25, 0.3) is 5.56 Å². The van der Waals surface area contributed by atoms with E-state index < -0.39 is 5.97 Å². The monoisotopic (exact) mass is 377 g/mol. The summed E-state index contributed by atoms with van der Waals surface area (Å²) in [6.07, 6.45) is 1.72. The Bertz CT molecular complexity index is 1300. The van der Waals surface area contributed by atoms with Crippen LogP contribution in [0.25, 0.3) is 16.7 Å². The van der Waals surface area contributed by atoms with Gasteiger partial charge in [0.2, 0.25) is 0 Å². The number of aromatic nitrogens is 5. The van der Waals surface area contributed by atoms with Crippen LogP contribution in [0.3, 0.4) is 0 Å². The molecule has 8 heteroatoms. The number of hydrogen-bond acceptors (Lipinski definition) is 6. The first-order chi connectivity index (χ1) is 13.3. The molecule has 0 fully saturated rings. The molecule has 0 amide bonds. The topological polar surface area (TPSA) is 91.4 Å². The minimum Gasteiger partial charge on any atom is -0.456 e. The molecule has 0 bridgehead atoms. The summed E-state index contributed by atoms with van der Waals surface area (Å²) in [6.45, 7) is 5.44. The summed E-state index contributed by atoms with van der Waals surface area (Å²) in [6, 6.07) is 6.70. The quantitative estimate of drug-likeness (QED) is 0.509. The molecule has 142 valence electrons. The van der Waals surface area contributed by atoms with E-state index in [0.717, 1.165) is 5.56 Å². The average Bonchev–Trinajstić information content (AvgIpc) is 2.93. The number of ether oxygens (including phenoxy) is 1. The minimum absolute atomic E-state index is 0.0966. The summed E-state index contributed by atoms with van der Waals surface area (Å²) in [7, 11) is 1.78. The van der Waals surface area contributed by atoms with Crippen LogP contribution in [-0.2, 0) is 18.4 Å². The van der Waals surface area contributed by atoms with Gasteiger partial charge in [-0.2, -0.15) is 5.10 Å². The molecule has 4 aromatic heterocycles. The standard InChI is InChI=1S/C20H19N5O3/c1-11-5-6-16-22-14(8-17(26)25(16)9-11)10-28-20(27)15-7-12(2)21-19-18(15)13(3)23-24(19)4/h5-9H,10H2,1-4H3. The highest BCUT2D eigenvalue weighted by Crippen LogP contribution is 2.22. The van der Waals surface area contributed by atoms with Crippen LogP contribution in [0.15, 0.2) is 35.3 Å². The third-order valence-electron chi connectivity index (χ3n) is 4.53. The highest BCUT2D eigenvalue weighted by molar-refractivity contribution is 6.03. The first-order valence-electron chi connectivity index (χ1n) is 8.80. The van der Waals surface area contributed by atoms with Gasteiger partial charge in [0, 0.05) is 25.0 Å². The molecule has 0 saturated heterocycles. The van der Waals surface area contributed by atoms with Crippen LogP contribution >= 0.6 is 0 Å². The molecule has 28 heavy (non-hydrogen) atoms. The zero-order valence-electron chi connectivity index (χ0n) is 16.1. The van der Waals surface area contributed by atoms with E-state index in [1.165, 1.54) is 10.5 Å². The van der Waals surface area contributed by atoms with Crippen molar-refractivity contribution in [1.29, 1.82) is 0 Å². The number of carbonyl (C=O) groups is 1. The highest BCUT2D eigenvalue weighted by atomic mass is 16.5. The van der Waals surface area contributed by atoms with Crippen molar-refractivity contribution in [2.75, 3.05) is 0 Å². The summed E-state index contributed by atoms with van der Waals surface area (Å²) < 4.78 is 8.56. The van der Waals surface area contributed by atoms with Crippen molar-refractivity contribution < 1.29 is 9.53 Å². The molecule has 0 aliphatic heterocycles. The second-order valence-corrected chi connectivity index (χ2v) is 6.82. The maximum absolute atomic E-state index is 12.7. The number of fused-ring (bicyclic) bond motifs is 2. The summed E-state index contributed by atoms with van der Waals surface area (Å²) in [5, 5.41) is 5.00. The zero-order valence-corrected chi connectivity index (χ0v) is 16.1. The molecular weight excluding hydrogens is 358 g/mol. The molecule has 0 atom stereocenters. The van der Waals surface area contributed by atoms with Gasteiger partial charge < -0.3 is 4.74 Å². The third-order valence-corrected chi connectivity index (χ3v) is 4.53. The van der Waals surface area contributed by atoms with Crippen molar-refractivity contribution in [2.45, 2.75) is 27.4 Å². The number of esters is 1. The Balaban J connectivity index is 1.65. The second kappa shape index (κ2) is 6.56. The fraction of sp³-hybridized carbons (Fsp3) is 0.250. The van der Waals surface area contributed by atoms with Crippen LogP contribution in [0, 0.1) is 20.8 Å². The van der Waals surface area contributed by atoms with Gasteiger partial charge in [0.05, 0.1) is 22.3 Å². The lowest BCUT2D eigenvalue weighted by atomic mass is 10.1. The Kier molecular flexibility index (Phi) is 4.18. The molecule has 4 aromatic rings. The maximum Gasteiger partial charge on any atom is 0.339 e. The Morgan fingerprint density at radius 2 is 1.93 bits per heavy atom. The van der Waals surface area contributed by atoms with Gasteiger partial charge in [0.15, 0.2) is 5.65 Å². The number of aryl methyl sites for hydroxylation is 4. The fourth-order valence-corrected chi connectivity index (χ4v) is 3.28. The average molecular weight is 377 g/mol. The summed E-state index contributed by atoms with van der Waals surface area (Å²) in [5.41, 5.74) is 4.07. The van der Waals surface area contributed by atoms with Crippen molar-refractivity contribution >= 4 is 22.6 Å². The van der Waals surface area contributed by atoms with Crippen LogP contribution in [0.4, 0.5) is 0 Å². The summed E-state index contributed by atoms with van der Waals surface area (Å²) >= 11 is 0.